The summed E-state index contributed by atoms with van der Waals surface area (Å²) in [5.74, 6) is 0.662. The predicted octanol–water partition coefficient (Wildman–Crippen LogP) is 3.98. The molecule has 1 aromatic heterocycles. The highest BCUT2D eigenvalue weighted by Gasteiger charge is 2.41. The van der Waals surface area contributed by atoms with Crippen LogP contribution in [0.25, 0.3) is 10.9 Å². The predicted molar refractivity (Wildman–Crippen MR) is 106 cm³/mol. The number of hydrogen-bond acceptors (Lipinski definition) is 3. The van der Waals surface area contributed by atoms with Crippen LogP contribution >= 0.6 is 0 Å². The van der Waals surface area contributed by atoms with Gasteiger partial charge in [-0.25, -0.2) is 0 Å². The van der Waals surface area contributed by atoms with Crippen molar-refractivity contribution in [3.8, 4) is 0 Å². The second-order valence-corrected chi connectivity index (χ2v) is 8.52. The molecule has 0 aliphatic heterocycles. The van der Waals surface area contributed by atoms with Gasteiger partial charge in [-0.1, -0.05) is 11.6 Å². The Kier molecular flexibility index (Phi) is 4.26. The number of rotatable bonds is 5. The third-order valence-electron chi connectivity index (χ3n) is 6.32. The lowest BCUT2D eigenvalue weighted by molar-refractivity contribution is 0.0253. The first-order valence-electron chi connectivity index (χ1n) is 9.74. The molecular formula is C22H29N3O. The molecule has 2 aliphatic rings. The summed E-state index contributed by atoms with van der Waals surface area (Å²) >= 11 is 0. The number of amides is 1. The molecule has 2 saturated carbocycles. The molecular weight excluding hydrogens is 322 g/mol. The summed E-state index contributed by atoms with van der Waals surface area (Å²) in [4.78, 5) is 22.4. The minimum Gasteiger partial charge on any atom is -0.340 e. The van der Waals surface area contributed by atoms with Gasteiger partial charge in [0.15, 0.2) is 0 Å². The Balaban J connectivity index is 1.70. The normalized spacial score (nSPS) is 18.8. The highest BCUT2D eigenvalue weighted by atomic mass is 16.2. The van der Waals surface area contributed by atoms with Crippen molar-refractivity contribution in [3.63, 3.8) is 0 Å². The van der Waals surface area contributed by atoms with Crippen LogP contribution in [0, 0.1) is 6.92 Å². The molecule has 2 aromatic rings. The number of likely N-dealkylation sites (N-methyl/N-ethyl adjacent to an activating group) is 2. The molecule has 2 fully saturated rings. The van der Waals surface area contributed by atoms with Gasteiger partial charge < -0.3 is 9.80 Å². The Bertz CT molecular complexity index is 850. The van der Waals surface area contributed by atoms with Crippen LogP contribution in [0.4, 0.5) is 0 Å². The van der Waals surface area contributed by atoms with Gasteiger partial charge in [0, 0.05) is 36.1 Å². The lowest BCUT2D eigenvalue weighted by Gasteiger charge is -2.49. The molecule has 0 N–H and O–H groups in total. The van der Waals surface area contributed by atoms with E-state index in [2.05, 4.69) is 50.2 Å². The molecule has 0 spiro atoms. The zero-order valence-electron chi connectivity index (χ0n) is 16.4. The summed E-state index contributed by atoms with van der Waals surface area (Å²) in [6, 6.07) is 8.30. The summed E-state index contributed by atoms with van der Waals surface area (Å²) in [6.07, 6.45) is 5.97. The van der Waals surface area contributed by atoms with E-state index < -0.39 is 0 Å². The monoisotopic (exact) mass is 351 g/mol. The fourth-order valence-corrected chi connectivity index (χ4v) is 4.18. The van der Waals surface area contributed by atoms with Gasteiger partial charge >= 0.3 is 0 Å². The van der Waals surface area contributed by atoms with Gasteiger partial charge in [-0.05, 0) is 71.3 Å². The summed E-state index contributed by atoms with van der Waals surface area (Å²) in [5, 5.41) is 0.985. The molecule has 0 unspecified atom stereocenters. The number of carbonyl (C=O) groups excluding carboxylic acids is 1. The summed E-state index contributed by atoms with van der Waals surface area (Å²) in [7, 11) is 6.21. The van der Waals surface area contributed by atoms with E-state index in [0.29, 0.717) is 5.92 Å². The van der Waals surface area contributed by atoms with Crippen molar-refractivity contribution in [2.24, 2.45) is 0 Å². The largest absolute Gasteiger partial charge is 0.340 e. The van der Waals surface area contributed by atoms with Gasteiger partial charge in [-0.3, -0.25) is 9.78 Å². The molecule has 26 heavy (non-hydrogen) atoms. The number of fused-ring (bicyclic) bond motifs is 1. The number of carbonyl (C=O) groups is 1. The molecule has 0 atom stereocenters. The Labute approximate surface area is 156 Å². The second kappa shape index (κ2) is 6.34. The minimum atomic E-state index is 0.123. The van der Waals surface area contributed by atoms with E-state index in [1.165, 1.54) is 37.7 Å². The number of aromatic nitrogens is 1. The maximum Gasteiger partial charge on any atom is 0.254 e. The number of aryl methyl sites for hydroxylation is 1. The topological polar surface area (TPSA) is 36.4 Å². The highest BCUT2D eigenvalue weighted by Crippen LogP contribution is 2.41. The zero-order valence-corrected chi connectivity index (χ0v) is 16.4. The molecule has 1 amide bonds. The zero-order chi connectivity index (χ0) is 18.5. The molecule has 4 rings (SSSR count). The number of nitrogens with zero attached hydrogens (tertiary/aromatic N) is 3. The van der Waals surface area contributed by atoms with Gasteiger partial charge in [0.1, 0.15) is 0 Å². The van der Waals surface area contributed by atoms with Crippen molar-refractivity contribution in [1.82, 2.24) is 14.8 Å². The smallest absolute Gasteiger partial charge is 0.254 e. The maximum absolute atomic E-state index is 13.4. The van der Waals surface area contributed by atoms with Crippen molar-refractivity contribution < 1.29 is 4.79 Å². The number of pyridine rings is 1. The SMILES string of the molecule is Cc1ccc2nc(C3CC3)cc(C(=O)N(C)CC3(N(C)C)CCC3)c2c1. The number of hydrogen-bond donors (Lipinski definition) is 0. The van der Waals surface area contributed by atoms with Gasteiger partial charge in [-0.2, -0.15) is 0 Å². The van der Waals surface area contributed by atoms with E-state index in [1.54, 1.807) is 0 Å². The second-order valence-electron chi connectivity index (χ2n) is 8.52. The standard InChI is InChI=1S/C22H29N3O/c1-15-6-9-19-17(12-15)18(13-20(23-19)16-7-8-16)21(26)25(4)14-22(24(2)3)10-5-11-22/h6,9,12-13,16H,5,7-8,10-11,14H2,1-4H3. The van der Waals surface area contributed by atoms with Crippen LogP contribution < -0.4 is 0 Å². The van der Waals surface area contributed by atoms with Gasteiger partial charge in [0.05, 0.1) is 11.1 Å². The van der Waals surface area contributed by atoms with Crippen molar-refractivity contribution in [2.75, 3.05) is 27.7 Å². The van der Waals surface area contributed by atoms with Crippen molar-refractivity contribution in [3.05, 3.63) is 41.1 Å². The van der Waals surface area contributed by atoms with E-state index in [9.17, 15) is 4.79 Å². The fraction of sp³-hybridized carbons (Fsp3) is 0.545. The molecule has 0 saturated heterocycles. The average molecular weight is 351 g/mol. The van der Waals surface area contributed by atoms with Crippen molar-refractivity contribution in [1.29, 1.82) is 0 Å². The van der Waals surface area contributed by atoms with Crippen LogP contribution in [0.5, 0.6) is 0 Å². The molecule has 1 heterocycles. The van der Waals surface area contributed by atoms with E-state index >= 15 is 0 Å². The summed E-state index contributed by atoms with van der Waals surface area (Å²) < 4.78 is 0. The van der Waals surface area contributed by atoms with Crippen LogP contribution in [-0.4, -0.2) is 53.9 Å². The van der Waals surface area contributed by atoms with E-state index in [4.69, 9.17) is 4.98 Å². The van der Waals surface area contributed by atoms with Crippen LogP contribution in [0.15, 0.2) is 24.3 Å². The molecule has 2 aliphatic carbocycles. The molecule has 0 bridgehead atoms. The summed E-state index contributed by atoms with van der Waals surface area (Å²) in [5.41, 5.74) is 4.16. The molecule has 0 radical (unpaired) electrons. The van der Waals surface area contributed by atoms with Crippen LogP contribution in [0.3, 0.4) is 0 Å². The van der Waals surface area contributed by atoms with Crippen LogP contribution in [0.1, 0.15) is 59.6 Å². The van der Waals surface area contributed by atoms with Gasteiger partial charge in [0.2, 0.25) is 0 Å². The minimum absolute atomic E-state index is 0.123. The lowest BCUT2D eigenvalue weighted by atomic mass is 9.75. The fourth-order valence-electron chi connectivity index (χ4n) is 4.18. The van der Waals surface area contributed by atoms with Crippen molar-refractivity contribution in [2.45, 2.75) is 50.5 Å². The first kappa shape index (κ1) is 17.5. The van der Waals surface area contributed by atoms with Gasteiger partial charge in [0.25, 0.3) is 5.91 Å². The third-order valence-corrected chi connectivity index (χ3v) is 6.32. The maximum atomic E-state index is 13.4. The molecule has 4 nitrogen and oxygen atoms in total. The quantitative estimate of drug-likeness (QED) is 0.818. The molecule has 1 aromatic carbocycles. The highest BCUT2D eigenvalue weighted by molar-refractivity contribution is 6.06. The van der Waals surface area contributed by atoms with Crippen LogP contribution in [-0.2, 0) is 0 Å². The van der Waals surface area contributed by atoms with Crippen LogP contribution in [0.2, 0.25) is 0 Å². The van der Waals surface area contributed by atoms with Gasteiger partial charge in [-0.15, -0.1) is 0 Å². The lowest BCUT2D eigenvalue weighted by Crippen LogP contribution is -2.57. The van der Waals surface area contributed by atoms with E-state index in [1.807, 2.05) is 11.9 Å². The molecule has 138 valence electrons. The third kappa shape index (κ3) is 3.01. The van der Waals surface area contributed by atoms with E-state index in [-0.39, 0.29) is 11.4 Å². The Morgan fingerprint density at radius 1 is 1.19 bits per heavy atom. The average Bonchev–Trinajstić information content (AvgIpc) is 3.41. The number of benzene rings is 1. The Hall–Kier alpha value is -1.94. The van der Waals surface area contributed by atoms with E-state index in [0.717, 1.165) is 28.7 Å². The Morgan fingerprint density at radius 2 is 1.92 bits per heavy atom. The summed E-state index contributed by atoms with van der Waals surface area (Å²) in [6.45, 7) is 2.86. The molecule has 4 heteroatoms. The Morgan fingerprint density at radius 3 is 2.50 bits per heavy atom. The van der Waals surface area contributed by atoms with Crippen molar-refractivity contribution >= 4 is 16.8 Å². The first-order valence-corrected chi connectivity index (χ1v) is 9.74. The first-order chi connectivity index (χ1) is 12.4.